The lowest BCUT2D eigenvalue weighted by Crippen LogP contribution is -2.26. The van der Waals surface area contributed by atoms with E-state index >= 15 is 0 Å². The Bertz CT molecular complexity index is 601. The molecule has 1 aliphatic carbocycles. The highest BCUT2D eigenvalue weighted by atomic mass is 16.6. The first-order valence-electron chi connectivity index (χ1n) is 8.04. The summed E-state index contributed by atoms with van der Waals surface area (Å²) in [6.07, 6.45) is 2.28. The first-order chi connectivity index (χ1) is 11.1. The van der Waals surface area contributed by atoms with E-state index in [2.05, 4.69) is 5.32 Å². The number of hydrogen-bond donors (Lipinski definition) is 2. The molecule has 2 N–H and O–H groups in total. The molecule has 2 aliphatic rings. The summed E-state index contributed by atoms with van der Waals surface area (Å²) in [5.74, 6) is 1.04. The minimum atomic E-state index is -0.794. The van der Waals surface area contributed by atoms with Gasteiger partial charge < -0.3 is 19.9 Å². The first kappa shape index (κ1) is 15.6. The van der Waals surface area contributed by atoms with Crippen molar-refractivity contribution in [3.05, 3.63) is 23.8 Å². The first-order valence-corrected chi connectivity index (χ1v) is 8.04. The summed E-state index contributed by atoms with van der Waals surface area (Å²) in [6, 6.07) is 5.88. The molecule has 1 aliphatic heterocycles. The number of aliphatic carboxylic acids is 1. The summed E-state index contributed by atoms with van der Waals surface area (Å²) in [6.45, 7) is 1.67. The van der Waals surface area contributed by atoms with E-state index in [9.17, 15) is 9.59 Å². The van der Waals surface area contributed by atoms with E-state index in [1.807, 2.05) is 18.2 Å². The van der Waals surface area contributed by atoms with Gasteiger partial charge in [-0.3, -0.25) is 9.59 Å². The quantitative estimate of drug-likeness (QED) is 0.750. The van der Waals surface area contributed by atoms with Crippen molar-refractivity contribution in [2.45, 2.75) is 31.6 Å². The van der Waals surface area contributed by atoms with Crippen LogP contribution in [0.2, 0.25) is 0 Å². The molecule has 3 rings (SSSR count). The fourth-order valence-electron chi connectivity index (χ4n) is 2.89. The van der Waals surface area contributed by atoms with Crippen LogP contribution in [0.4, 0.5) is 0 Å². The highest BCUT2D eigenvalue weighted by Crippen LogP contribution is 2.49. The molecule has 2 atom stereocenters. The average Bonchev–Trinajstić information content (AvgIpc) is 3.34. The number of rotatable bonds is 7. The Morgan fingerprint density at radius 3 is 2.74 bits per heavy atom. The van der Waals surface area contributed by atoms with Crippen molar-refractivity contribution in [2.24, 2.45) is 5.92 Å². The largest absolute Gasteiger partial charge is 0.486 e. The molecule has 1 aromatic rings. The molecule has 1 saturated carbocycles. The Morgan fingerprint density at radius 1 is 1.17 bits per heavy atom. The van der Waals surface area contributed by atoms with Gasteiger partial charge in [0, 0.05) is 18.9 Å². The summed E-state index contributed by atoms with van der Waals surface area (Å²) in [7, 11) is 0. The average molecular weight is 319 g/mol. The number of benzene rings is 1. The van der Waals surface area contributed by atoms with Gasteiger partial charge in [-0.05, 0) is 42.9 Å². The highest BCUT2D eigenvalue weighted by molar-refractivity contribution is 5.83. The number of amides is 1. The minimum absolute atomic E-state index is 0.0111. The molecule has 0 radical (unpaired) electrons. The molecule has 6 nitrogen and oxygen atoms in total. The molecular formula is C17H21NO5. The number of unbranched alkanes of at least 4 members (excludes halogenated alkanes) is 1. The molecule has 23 heavy (non-hydrogen) atoms. The maximum absolute atomic E-state index is 12.1. The van der Waals surface area contributed by atoms with Gasteiger partial charge in [-0.25, -0.2) is 0 Å². The summed E-state index contributed by atoms with van der Waals surface area (Å²) in [4.78, 5) is 22.5. The molecule has 0 spiro atoms. The molecule has 2 unspecified atom stereocenters. The van der Waals surface area contributed by atoms with Crippen LogP contribution in [0.15, 0.2) is 18.2 Å². The van der Waals surface area contributed by atoms with E-state index < -0.39 is 5.97 Å². The van der Waals surface area contributed by atoms with Crippen LogP contribution in [0.1, 0.15) is 37.2 Å². The SMILES string of the molecule is O=C(O)CCCCNC(=O)C1CC1c1ccc2c(c1)OCCO2. The van der Waals surface area contributed by atoms with E-state index in [0.29, 0.717) is 32.6 Å². The minimum Gasteiger partial charge on any atom is -0.486 e. The molecule has 124 valence electrons. The Labute approximate surface area is 134 Å². The van der Waals surface area contributed by atoms with E-state index in [-0.39, 0.29) is 24.2 Å². The zero-order valence-electron chi connectivity index (χ0n) is 12.9. The van der Waals surface area contributed by atoms with Crippen molar-refractivity contribution in [2.75, 3.05) is 19.8 Å². The molecule has 1 aromatic carbocycles. The molecule has 1 fully saturated rings. The Hall–Kier alpha value is -2.24. The Balaban J connectivity index is 1.45. The third-order valence-corrected chi connectivity index (χ3v) is 4.24. The van der Waals surface area contributed by atoms with E-state index in [1.54, 1.807) is 0 Å². The maximum Gasteiger partial charge on any atom is 0.303 e. The third-order valence-electron chi connectivity index (χ3n) is 4.24. The lowest BCUT2D eigenvalue weighted by Gasteiger charge is -2.18. The van der Waals surface area contributed by atoms with Gasteiger partial charge >= 0.3 is 5.97 Å². The zero-order chi connectivity index (χ0) is 16.2. The van der Waals surface area contributed by atoms with Crippen LogP contribution in [0.3, 0.4) is 0 Å². The zero-order valence-corrected chi connectivity index (χ0v) is 12.9. The van der Waals surface area contributed by atoms with Crippen LogP contribution in [-0.2, 0) is 9.59 Å². The Morgan fingerprint density at radius 2 is 1.96 bits per heavy atom. The predicted octanol–water partition coefficient (Wildman–Crippen LogP) is 1.93. The molecule has 1 amide bonds. The standard InChI is InChI=1S/C17H21NO5/c19-16(20)3-1-2-6-18-17(21)13-10-12(13)11-4-5-14-15(9-11)23-8-7-22-14/h4-5,9,12-13H,1-3,6-8,10H2,(H,18,21)(H,19,20). The van der Waals surface area contributed by atoms with E-state index in [4.69, 9.17) is 14.6 Å². The summed E-state index contributed by atoms with van der Waals surface area (Å²) >= 11 is 0. The van der Waals surface area contributed by atoms with Crippen molar-refractivity contribution in [3.63, 3.8) is 0 Å². The fraction of sp³-hybridized carbons (Fsp3) is 0.529. The van der Waals surface area contributed by atoms with Crippen molar-refractivity contribution < 1.29 is 24.2 Å². The van der Waals surface area contributed by atoms with Crippen molar-refractivity contribution >= 4 is 11.9 Å². The van der Waals surface area contributed by atoms with Crippen LogP contribution in [0.5, 0.6) is 11.5 Å². The number of carbonyl (C=O) groups is 2. The normalized spacial score (nSPS) is 21.6. The summed E-state index contributed by atoms with van der Waals surface area (Å²) in [5.41, 5.74) is 1.11. The number of carbonyl (C=O) groups excluding carboxylic acids is 1. The second-order valence-corrected chi connectivity index (χ2v) is 5.99. The van der Waals surface area contributed by atoms with E-state index in [0.717, 1.165) is 23.5 Å². The van der Waals surface area contributed by atoms with Crippen LogP contribution in [0, 0.1) is 5.92 Å². The van der Waals surface area contributed by atoms with Gasteiger partial charge in [-0.2, -0.15) is 0 Å². The van der Waals surface area contributed by atoms with Crippen LogP contribution >= 0.6 is 0 Å². The molecule has 0 saturated heterocycles. The number of nitrogens with one attached hydrogen (secondary N) is 1. The van der Waals surface area contributed by atoms with Gasteiger partial charge in [0.05, 0.1) is 0 Å². The molecule has 0 bridgehead atoms. The van der Waals surface area contributed by atoms with Crippen LogP contribution in [0.25, 0.3) is 0 Å². The molecule has 0 aromatic heterocycles. The molecular weight excluding hydrogens is 298 g/mol. The van der Waals surface area contributed by atoms with Gasteiger partial charge in [-0.1, -0.05) is 6.07 Å². The van der Waals surface area contributed by atoms with Crippen molar-refractivity contribution in [1.29, 1.82) is 0 Å². The summed E-state index contributed by atoms with van der Waals surface area (Å²) < 4.78 is 11.1. The number of fused-ring (bicyclic) bond motifs is 1. The van der Waals surface area contributed by atoms with Crippen molar-refractivity contribution in [3.8, 4) is 11.5 Å². The fourth-order valence-corrected chi connectivity index (χ4v) is 2.89. The van der Waals surface area contributed by atoms with E-state index in [1.165, 1.54) is 0 Å². The van der Waals surface area contributed by atoms with Crippen molar-refractivity contribution in [1.82, 2.24) is 5.32 Å². The number of carboxylic acids is 1. The van der Waals surface area contributed by atoms with Gasteiger partial charge in [0.2, 0.25) is 5.91 Å². The lowest BCUT2D eigenvalue weighted by atomic mass is 10.1. The summed E-state index contributed by atoms with van der Waals surface area (Å²) in [5, 5.41) is 11.5. The van der Waals surface area contributed by atoms with Crippen LogP contribution < -0.4 is 14.8 Å². The third kappa shape index (κ3) is 3.94. The number of carboxylic acid groups (broad SMARTS) is 1. The smallest absolute Gasteiger partial charge is 0.303 e. The molecule has 1 heterocycles. The predicted molar refractivity (Wildman–Crippen MR) is 82.8 cm³/mol. The topological polar surface area (TPSA) is 84.9 Å². The molecule has 6 heteroatoms. The Kier molecular flexibility index (Phi) is 4.69. The maximum atomic E-state index is 12.1. The number of hydrogen-bond acceptors (Lipinski definition) is 4. The lowest BCUT2D eigenvalue weighted by molar-refractivity contribution is -0.137. The van der Waals surface area contributed by atoms with Gasteiger partial charge in [0.15, 0.2) is 11.5 Å². The number of ether oxygens (including phenoxy) is 2. The highest BCUT2D eigenvalue weighted by Gasteiger charge is 2.44. The van der Waals surface area contributed by atoms with Crippen LogP contribution in [-0.4, -0.2) is 36.7 Å². The second kappa shape index (κ2) is 6.89. The monoisotopic (exact) mass is 319 g/mol. The second-order valence-electron chi connectivity index (χ2n) is 5.99. The van der Waals surface area contributed by atoms with Gasteiger partial charge in [-0.15, -0.1) is 0 Å². The van der Waals surface area contributed by atoms with Gasteiger partial charge in [0.25, 0.3) is 0 Å². The van der Waals surface area contributed by atoms with Gasteiger partial charge in [0.1, 0.15) is 13.2 Å².